The second-order valence-electron chi connectivity index (χ2n) is 6.62. The van der Waals surface area contributed by atoms with Gasteiger partial charge in [-0.2, -0.15) is 0 Å². The molecule has 2 nitrogen and oxygen atoms in total. The van der Waals surface area contributed by atoms with Gasteiger partial charge in [0.2, 0.25) is 0 Å². The molecule has 3 atom stereocenters. The van der Waals surface area contributed by atoms with Crippen molar-refractivity contribution in [2.24, 2.45) is 11.8 Å². The normalized spacial score (nSPS) is 28.6. The van der Waals surface area contributed by atoms with Crippen molar-refractivity contribution in [2.75, 3.05) is 26.2 Å². The van der Waals surface area contributed by atoms with Crippen LogP contribution < -0.4 is 5.32 Å². The molecule has 2 heteroatoms. The molecular weight excluding hydrogens is 232 g/mol. The first kappa shape index (κ1) is 13.1. The zero-order valence-electron chi connectivity index (χ0n) is 12.7. The summed E-state index contributed by atoms with van der Waals surface area (Å²) in [5, 5.41) is 3.53. The van der Waals surface area contributed by atoms with E-state index in [9.17, 15) is 0 Å². The largest absolute Gasteiger partial charge is 0.316 e. The molecule has 0 aliphatic carbocycles. The van der Waals surface area contributed by atoms with E-state index in [1.54, 1.807) is 5.56 Å². The van der Waals surface area contributed by atoms with Crippen molar-refractivity contribution in [3.63, 3.8) is 0 Å². The first-order valence-electron chi connectivity index (χ1n) is 7.58. The first-order valence-corrected chi connectivity index (χ1v) is 7.58. The van der Waals surface area contributed by atoms with Crippen LogP contribution in [0.3, 0.4) is 0 Å². The average Bonchev–Trinajstić information content (AvgIpc) is 2.86. The maximum Gasteiger partial charge on any atom is 0.0325 e. The topological polar surface area (TPSA) is 15.3 Å². The summed E-state index contributed by atoms with van der Waals surface area (Å²) < 4.78 is 0. The van der Waals surface area contributed by atoms with Gasteiger partial charge in [-0.05, 0) is 69.3 Å². The molecule has 1 aromatic carbocycles. The molecule has 2 heterocycles. The lowest BCUT2D eigenvalue weighted by Gasteiger charge is -2.28. The fraction of sp³-hybridized carbons (Fsp3) is 0.647. The van der Waals surface area contributed by atoms with E-state index in [0.29, 0.717) is 6.04 Å². The molecule has 0 bridgehead atoms. The Morgan fingerprint density at radius 3 is 2.11 bits per heavy atom. The lowest BCUT2D eigenvalue weighted by molar-refractivity contribution is 0.242. The highest BCUT2D eigenvalue weighted by molar-refractivity contribution is 5.39. The van der Waals surface area contributed by atoms with Crippen molar-refractivity contribution in [1.29, 1.82) is 0 Å². The second-order valence-corrected chi connectivity index (χ2v) is 6.62. The lowest BCUT2D eigenvalue weighted by atomic mass is 9.94. The van der Waals surface area contributed by atoms with E-state index < -0.39 is 0 Å². The third-order valence-electron chi connectivity index (χ3n) is 5.12. The Morgan fingerprint density at radius 2 is 1.58 bits per heavy atom. The predicted octanol–water partition coefficient (Wildman–Crippen LogP) is 2.82. The summed E-state index contributed by atoms with van der Waals surface area (Å²) in [6.45, 7) is 14.1. The Labute approximate surface area is 117 Å². The standard InChI is InChI=1S/C17H26N2/c1-11-5-12(2)17(13(3)6-11)14(4)19-9-15-7-18-8-16(15)10-19/h5-6,14-16,18H,7-10H2,1-4H3/t14?,15-,16+. The Bertz CT molecular complexity index is 445. The summed E-state index contributed by atoms with van der Waals surface area (Å²) in [6, 6.07) is 5.22. The summed E-state index contributed by atoms with van der Waals surface area (Å²) in [5.74, 6) is 1.77. The van der Waals surface area contributed by atoms with E-state index in [4.69, 9.17) is 0 Å². The van der Waals surface area contributed by atoms with Crippen LogP contribution in [0.4, 0.5) is 0 Å². The highest BCUT2D eigenvalue weighted by Gasteiger charge is 2.38. The van der Waals surface area contributed by atoms with Crippen LogP contribution in [0.2, 0.25) is 0 Å². The molecule has 0 amide bonds. The SMILES string of the molecule is Cc1cc(C)c(C(C)N2C[C@H]3CNC[C@H]3C2)c(C)c1. The van der Waals surface area contributed by atoms with Crippen LogP contribution >= 0.6 is 0 Å². The fourth-order valence-electron chi connectivity index (χ4n) is 4.24. The second kappa shape index (κ2) is 4.92. The number of aryl methyl sites for hydroxylation is 3. The van der Waals surface area contributed by atoms with Crippen LogP contribution in [-0.4, -0.2) is 31.1 Å². The molecular formula is C17H26N2. The maximum atomic E-state index is 3.53. The summed E-state index contributed by atoms with van der Waals surface area (Å²) in [6.07, 6.45) is 0. The highest BCUT2D eigenvalue weighted by Crippen LogP contribution is 2.35. The van der Waals surface area contributed by atoms with Crippen LogP contribution in [0.25, 0.3) is 0 Å². The van der Waals surface area contributed by atoms with Crippen LogP contribution in [0.1, 0.15) is 35.2 Å². The Balaban J connectivity index is 1.83. The van der Waals surface area contributed by atoms with E-state index in [1.807, 2.05) is 0 Å². The quantitative estimate of drug-likeness (QED) is 0.877. The van der Waals surface area contributed by atoms with Crippen molar-refractivity contribution in [2.45, 2.75) is 33.7 Å². The average molecular weight is 258 g/mol. The van der Waals surface area contributed by atoms with Gasteiger partial charge < -0.3 is 5.32 Å². The zero-order valence-corrected chi connectivity index (χ0v) is 12.7. The molecule has 1 N–H and O–H groups in total. The first-order chi connectivity index (χ1) is 9.06. The molecule has 3 rings (SSSR count). The predicted molar refractivity (Wildman–Crippen MR) is 80.5 cm³/mol. The van der Waals surface area contributed by atoms with Gasteiger partial charge in [-0.3, -0.25) is 4.90 Å². The van der Waals surface area contributed by atoms with E-state index in [-0.39, 0.29) is 0 Å². The van der Waals surface area contributed by atoms with Crippen molar-refractivity contribution < 1.29 is 0 Å². The molecule has 2 aliphatic heterocycles. The van der Waals surface area contributed by atoms with Gasteiger partial charge in [-0.15, -0.1) is 0 Å². The molecule has 2 aliphatic rings. The lowest BCUT2D eigenvalue weighted by Crippen LogP contribution is -2.29. The Hall–Kier alpha value is -0.860. The Morgan fingerprint density at radius 1 is 1.05 bits per heavy atom. The van der Waals surface area contributed by atoms with Crippen molar-refractivity contribution in [3.8, 4) is 0 Å². The monoisotopic (exact) mass is 258 g/mol. The van der Waals surface area contributed by atoms with Crippen LogP contribution in [0, 0.1) is 32.6 Å². The van der Waals surface area contributed by atoms with E-state index in [2.05, 4.69) is 50.0 Å². The summed E-state index contributed by atoms with van der Waals surface area (Å²) in [5.41, 5.74) is 5.85. The Kier molecular flexibility index (Phi) is 3.40. The number of nitrogens with one attached hydrogen (secondary N) is 1. The molecule has 0 saturated carbocycles. The molecule has 2 fully saturated rings. The van der Waals surface area contributed by atoms with Crippen molar-refractivity contribution >= 4 is 0 Å². The van der Waals surface area contributed by atoms with E-state index in [1.165, 1.54) is 42.9 Å². The molecule has 1 aromatic rings. The number of likely N-dealkylation sites (tertiary alicyclic amines) is 1. The van der Waals surface area contributed by atoms with Crippen LogP contribution in [0.15, 0.2) is 12.1 Å². The smallest absolute Gasteiger partial charge is 0.0325 e. The summed E-state index contributed by atoms with van der Waals surface area (Å²) in [4.78, 5) is 2.70. The van der Waals surface area contributed by atoms with Crippen LogP contribution in [-0.2, 0) is 0 Å². The fourth-order valence-corrected chi connectivity index (χ4v) is 4.24. The molecule has 2 saturated heterocycles. The van der Waals surface area contributed by atoms with Gasteiger partial charge in [0.05, 0.1) is 0 Å². The minimum Gasteiger partial charge on any atom is -0.316 e. The van der Waals surface area contributed by atoms with Crippen molar-refractivity contribution in [3.05, 3.63) is 34.4 Å². The molecule has 19 heavy (non-hydrogen) atoms. The van der Waals surface area contributed by atoms with Crippen molar-refractivity contribution in [1.82, 2.24) is 10.2 Å². The number of fused-ring (bicyclic) bond motifs is 1. The van der Waals surface area contributed by atoms with Gasteiger partial charge >= 0.3 is 0 Å². The van der Waals surface area contributed by atoms with Gasteiger partial charge in [0, 0.05) is 19.1 Å². The minimum absolute atomic E-state index is 0.561. The summed E-state index contributed by atoms with van der Waals surface area (Å²) >= 11 is 0. The van der Waals surface area contributed by atoms with Gasteiger partial charge in [-0.1, -0.05) is 17.7 Å². The van der Waals surface area contributed by atoms with Gasteiger partial charge in [0.25, 0.3) is 0 Å². The molecule has 0 spiro atoms. The number of hydrogen-bond acceptors (Lipinski definition) is 2. The molecule has 104 valence electrons. The highest BCUT2D eigenvalue weighted by atomic mass is 15.2. The third kappa shape index (κ3) is 2.32. The number of nitrogens with zero attached hydrogens (tertiary/aromatic N) is 1. The zero-order chi connectivity index (χ0) is 13.6. The molecule has 1 unspecified atom stereocenters. The number of hydrogen-bond donors (Lipinski definition) is 1. The summed E-state index contributed by atoms with van der Waals surface area (Å²) in [7, 11) is 0. The van der Waals surface area contributed by atoms with E-state index in [0.717, 1.165) is 11.8 Å². The minimum atomic E-state index is 0.561. The molecule has 0 radical (unpaired) electrons. The number of rotatable bonds is 2. The van der Waals surface area contributed by atoms with Gasteiger partial charge in [0.15, 0.2) is 0 Å². The third-order valence-corrected chi connectivity index (χ3v) is 5.12. The maximum absolute atomic E-state index is 3.53. The van der Waals surface area contributed by atoms with E-state index >= 15 is 0 Å². The number of benzene rings is 1. The van der Waals surface area contributed by atoms with Gasteiger partial charge in [-0.25, -0.2) is 0 Å². The van der Waals surface area contributed by atoms with Gasteiger partial charge in [0.1, 0.15) is 0 Å². The molecule has 0 aromatic heterocycles. The van der Waals surface area contributed by atoms with Crippen LogP contribution in [0.5, 0.6) is 0 Å².